The third kappa shape index (κ3) is 7.05. The zero-order valence-electron chi connectivity index (χ0n) is 17.9. The molecule has 1 heterocycles. The van der Waals surface area contributed by atoms with E-state index in [2.05, 4.69) is 4.74 Å². The van der Waals surface area contributed by atoms with Crippen LogP contribution in [0.25, 0.3) is 10.1 Å². The van der Waals surface area contributed by atoms with Crippen molar-refractivity contribution in [3.8, 4) is 5.75 Å². The largest absolute Gasteiger partial charge is 0.481 e. The number of rotatable bonds is 9. The van der Waals surface area contributed by atoms with Crippen LogP contribution in [0.2, 0.25) is 0 Å². The first kappa shape index (κ1) is 26.2. The maximum Gasteiger partial charge on any atom is 0.420 e. The Bertz CT molecular complexity index is 1140. The van der Waals surface area contributed by atoms with E-state index < -0.39 is 41.8 Å². The number of aryl methyl sites for hydroxylation is 1. The lowest BCUT2D eigenvalue weighted by atomic mass is 10.1. The lowest BCUT2D eigenvalue weighted by Gasteiger charge is -2.15. The van der Waals surface area contributed by atoms with Crippen LogP contribution in [0.5, 0.6) is 5.75 Å². The van der Waals surface area contributed by atoms with E-state index in [1.807, 2.05) is 6.07 Å². The number of fused-ring (bicyclic) bond motifs is 1. The van der Waals surface area contributed by atoms with Gasteiger partial charge in [-0.05, 0) is 67.3 Å². The van der Waals surface area contributed by atoms with E-state index in [9.17, 15) is 31.1 Å². The van der Waals surface area contributed by atoms with Gasteiger partial charge in [0, 0.05) is 14.5 Å². The molecule has 2 aromatic carbocycles. The van der Waals surface area contributed by atoms with E-state index in [0.29, 0.717) is 28.2 Å². The molecule has 0 saturated carbocycles. The summed E-state index contributed by atoms with van der Waals surface area (Å²) in [6, 6.07) is 9.09. The normalized spacial score (nSPS) is 12.2. The van der Waals surface area contributed by atoms with Crippen molar-refractivity contribution in [2.45, 2.75) is 37.0 Å². The molecule has 184 valence electrons. The van der Waals surface area contributed by atoms with E-state index in [4.69, 9.17) is 4.74 Å². The molecule has 0 saturated heterocycles. The number of carbonyl (C=O) groups excluding carboxylic acids is 1. The molecular weight excluding hydrogens is 502 g/mol. The summed E-state index contributed by atoms with van der Waals surface area (Å²) in [5.74, 6) is -0.694. The average molecular weight is 523 g/mol. The first-order valence-electron chi connectivity index (χ1n) is 10.2. The number of halogens is 6. The Kier molecular flexibility index (Phi) is 8.40. The monoisotopic (exact) mass is 522 g/mol. The van der Waals surface area contributed by atoms with Gasteiger partial charge in [0.2, 0.25) is 0 Å². The molecule has 0 aliphatic carbocycles. The van der Waals surface area contributed by atoms with Crippen LogP contribution < -0.4 is 4.74 Å². The van der Waals surface area contributed by atoms with E-state index >= 15 is 0 Å². The summed E-state index contributed by atoms with van der Waals surface area (Å²) in [6.07, 6.45) is -7.83. The highest BCUT2D eigenvalue weighted by molar-refractivity contribution is 7.99. The number of alkyl halides is 6. The van der Waals surface area contributed by atoms with Crippen molar-refractivity contribution in [1.29, 1.82) is 0 Å². The van der Waals surface area contributed by atoms with E-state index in [0.717, 1.165) is 28.5 Å². The minimum atomic E-state index is -4.66. The second kappa shape index (κ2) is 10.9. The minimum Gasteiger partial charge on any atom is -0.481 e. The Balaban J connectivity index is 1.59. The lowest BCUT2D eigenvalue weighted by Crippen LogP contribution is -2.17. The Hall–Kier alpha value is -2.40. The Morgan fingerprint density at radius 1 is 1.00 bits per heavy atom. The molecule has 34 heavy (non-hydrogen) atoms. The van der Waals surface area contributed by atoms with Gasteiger partial charge in [0.15, 0.2) is 6.61 Å². The fraction of sp³-hybridized carbons (Fsp3) is 0.348. The molecule has 0 aliphatic heterocycles. The van der Waals surface area contributed by atoms with Gasteiger partial charge in [-0.1, -0.05) is 6.07 Å². The summed E-state index contributed by atoms with van der Waals surface area (Å²) < 4.78 is 89.1. The topological polar surface area (TPSA) is 35.5 Å². The zero-order chi connectivity index (χ0) is 24.9. The molecule has 0 unspecified atom stereocenters. The van der Waals surface area contributed by atoms with Crippen molar-refractivity contribution in [3.63, 3.8) is 0 Å². The molecule has 0 radical (unpaired) electrons. The molecule has 0 spiro atoms. The van der Waals surface area contributed by atoms with Crippen molar-refractivity contribution >= 4 is 39.2 Å². The van der Waals surface area contributed by atoms with Crippen LogP contribution in [0.3, 0.4) is 0 Å². The molecule has 0 bridgehead atoms. The molecule has 0 amide bonds. The van der Waals surface area contributed by atoms with Crippen molar-refractivity contribution in [1.82, 2.24) is 0 Å². The molecule has 3 rings (SSSR count). The molecule has 3 aromatic rings. The fourth-order valence-corrected chi connectivity index (χ4v) is 5.14. The molecule has 0 fully saturated rings. The standard InChI is InChI=1S/C23H20F6O3S2/c1-2-31-21(30)13-32-19-8-7-16(12-18(19)23(27,28)29)33-9-3-4-17-10-14-5-6-15(22(24,25)26)11-20(14)34-17/h5-8,10-12H,2-4,9,13H2,1H3. The number of hydrogen-bond donors (Lipinski definition) is 0. The van der Waals surface area contributed by atoms with E-state index in [-0.39, 0.29) is 6.61 Å². The van der Waals surface area contributed by atoms with Crippen LogP contribution in [0, 0.1) is 0 Å². The first-order chi connectivity index (χ1) is 16.0. The van der Waals surface area contributed by atoms with Crippen LogP contribution in [-0.4, -0.2) is 24.9 Å². The molecule has 0 aliphatic rings. The summed E-state index contributed by atoms with van der Waals surface area (Å²) >= 11 is 2.51. The molecule has 0 atom stereocenters. The average Bonchev–Trinajstić information content (AvgIpc) is 3.16. The molecule has 1 aromatic heterocycles. The maximum absolute atomic E-state index is 13.4. The number of hydrogen-bond acceptors (Lipinski definition) is 5. The molecule has 3 nitrogen and oxygen atoms in total. The molecular formula is C23H20F6O3S2. The van der Waals surface area contributed by atoms with Crippen molar-refractivity contribution in [3.05, 3.63) is 58.5 Å². The number of esters is 1. The van der Waals surface area contributed by atoms with Crippen molar-refractivity contribution < 1.29 is 40.6 Å². The van der Waals surface area contributed by atoms with Gasteiger partial charge in [0.05, 0.1) is 17.7 Å². The van der Waals surface area contributed by atoms with Crippen LogP contribution in [-0.2, 0) is 28.3 Å². The SMILES string of the molecule is CCOC(=O)COc1ccc(SCCCc2cc3ccc(C(F)(F)F)cc3s2)cc1C(F)(F)F. The summed E-state index contributed by atoms with van der Waals surface area (Å²) in [5, 5.41) is 0.730. The van der Waals surface area contributed by atoms with Gasteiger partial charge < -0.3 is 9.47 Å². The summed E-state index contributed by atoms with van der Waals surface area (Å²) in [7, 11) is 0. The Morgan fingerprint density at radius 2 is 1.76 bits per heavy atom. The van der Waals surface area contributed by atoms with Gasteiger partial charge in [0.25, 0.3) is 0 Å². The number of benzene rings is 2. The summed E-state index contributed by atoms with van der Waals surface area (Å²) in [6.45, 7) is 1.05. The van der Waals surface area contributed by atoms with Gasteiger partial charge in [-0.25, -0.2) is 4.79 Å². The summed E-state index contributed by atoms with van der Waals surface area (Å²) in [5.41, 5.74) is -1.68. The van der Waals surface area contributed by atoms with Gasteiger partial charge >= 0.3 is 18.3 Å². The zero-order valence-corrected chi connectivity index (χ0v) is 19.5. The van der Waals surface area contributed by atoms with Gasteiger partial charge in [-0.3, -0.25) is 0 Å². The van der Waals surface area contributed by atoms with Gasteiger partial charge in [0.1, 0.15) is 5.75 Å². The number of thiophene rings is 1. The highest BCUT2D eigenvalue weighted by atomic mass is 32.2. The molecule has 11 heteroatoms. The van der Waals surface area contributed by atoms with Crippen molar-refractivity contribution in [2.75, 3.05) is 19.0 Å². The van der Waals surface area contributed by atoms with Crippen LogP contribution in [0.15, 0.2) is 47.4 Å². The second-order valence-corrected chi connectivity index (χ2v) is 9.50. The van der Waals surface area contributed by atoms with E-state index in [1.165, 1.54) is 41.3 Å². The van der Waals surface area contributed by atoms with Gasteiger partial charge in [-0.15, -0.1) is 23.1 Å². The third-order valence-electron chi connectivity index (χ3n) is 4.64. The van der Waals surface area contributed by atoms with Gasteiger partial charge in [-0.2, -0.15) is 26.3 Å². The maximum atomic E-state index is 13.4. The first-order valence-corrected chi connectivity index (χ1v) is 12.0. The smallest absolute Gasteiger partial charge is 0.420 e. The fourth-order valence-electron chi connectivity index (χ4n) is 3.11. The molecule has 0 N–H and O–H groups in total. The second-order valence-electron chi connectivity index (χ2n) is 7.16. The highest BCUT2D eigenvalue weighted by Crippen LogP contribution is 2.39. The number of thioether (sulfide) groups is 1. The summed E-state index contributed by atoms with van der Waals surface area (Å²) in [4.78, 5) is 12.7. The quantitative estimate of drug-likeness (QED) is 0.125. The van der Waals surface area contributed by atoms with E-state index in [1.54, 1.807) is 6.92 Å². The van der Waals surface area contributed by atoms with Crippen LogP contribution in [0.1, 0.15) is 29.3 Å². The highest BCUT2D eigenvalue weighted by Gasteiger charge is 2.35. The minimum absolute atomic E-state index is 0.0972. The third-order valence-corrected chi connectivity index (χ3v) is 6.88. The van der Waals surface area contributed by atoms with Crippen LogP contribution >= 0.6 is 23.1 Å². The van der Waals surface area contributed by atoms with Crippen molar-refractivity contribution in [2.24, 2.45) is 0 Å². The number of ether oxygens (including phenoxy) is 2. The van der Waals surface area contributed by atoms with Crippen LogP contribution in [0.4, 0.5) is 26.3 Å². The Morgan fingerprint density at radius 3 is 2.44 bits per heavy atom. The Labute approximate surface area is 200 Å². The number of carbonyl (C=O) groups is 1. The predicted molar refractivity (Wildman–Crippen MR) is 119 cm³/mol. The lowest BCUT2D eigenvalue weighted by molar-refractivity contribution is -0.147. The predicted octanol–water partition coefficient (Wildman–Crippen LogP) is 7.61.